The first-order chi connectivity index (χ1) is 13.4. The predicted octanol–water partition coefficient (Wildman–Crippen LogP) is 2.53. The molecule has 7 nitrogen and oxygen atoms in total. The summed E-state index contributed by atoms with van der Waals surface area (Å²) in [6, 6.07) is 15.2. The predicted molar refractivity (Wildman–Crippen MR) is 103 cm³/mol. The number of urea groups is 1. The third-order valence-corrected chi connectivity index (χ3v) is 4.79. The summed E-state index contributed by atoms with van der Waals surface area (Å²) in [5, 5.41) is 14.3. The molecule has 3 rings (SSSR count). The molecule has 1 saturated heterocycles. The van der Waals surface area contributed by atoms with Crippen LogP contribution in [0.1, 0.15) is 30.5 Å². The molecule has 2 aromatic carbocycles. The molecule has 2 N–H and O–H groups in total. The molecule has 142 valence electrons. The second kappa shape index (κ2) is 7.53. The van der Waals surface area contributed by atoms with Gasteiger partial charge < -0.3 is 10.6 Å². The number of imide groups is 1. The Balaban J connectivity index is 1.74. The van der Waals surface area contributed by atoms with Crippen molar-refractivity contribution in [2.45, 2.75) is 25.8 Å². The fourth-order valence-corrected chi connectivity index (χ4v) is 3.13. The van der Waals surface area contributed by atoms with Crippen LogP contribution in [0.15, 0.2) is 48.5 Å². The molecule has 1 heterocycles. The maximum atomic E-state index is 12.9. The van der Waals surface area contributed by atoms with Crippen LogP contribution in [-0.2, 0) is 21.5 Å². The van der Waals surface area contributed by atoms with E-state index < -0.39 is 23.4 Å². The number of carbonyl (C=O) groups excluding carboxylic acids is 3. The molecule has 4 amide bonds. The number of amides is 4. The van der Waals surface area contributed by atoms with Crippen molar-refractivity contribution in [1.82, 2.24) is 10.2 Å². The molecule has 1 aliphatic heterocycles. The zero-order chi connectivity index (χ0) is 20.3. The fraction of sp³-hybridized carbons (Fsp3) is 0.238. The van der Waals surface area contributed by atoms with Crippen LogP contribution in [0, 0.1) is 11.3 Å². The monoisotopic (exact) mass is 376 g/mol. The summed E-state index contributed by atoms with van der Waals surface area (Å²) >= 11 is 0. The minimum atomic E-state index is -1.28. The van der Waals surface area contributed by atoms with Crippen molar-refractivity contribution >= 4 is 23.5 Å². The highest BCUT2D eigenvalue weighted by molar-refractivity contribution is 6.10. The van der Waals surface area contributed by atoms with Crippen LogP contribution in [0.2, 0.25) is 0 Å². The van der Waals surface area contributed by atoms with E-state index in [0.717, 1.165) is 16.9 Å². The standard InChI is InChI=1S/C21H20N4O3/c1-3-14-5-4-6-17(11-14)23-18(26)13-25-19(27)21(2,24-20(25)28)16-9-7-15(12-22)8-10-16/h4-11H,3,13H2,1-2H3,(H,23,26)(H,24,28). The van der Waals surface area contributed by atoms with Gasteiger partial charge in [0.05, 0.1) is 11.6 Å². The molecule has 7 heteroatoms. The number of nitriles is 1. The molecule has 0 radical (unpaired) electrons. The van der Waals surface area contributed by atoms with E-state index in [1.807, 2.05) is 31.2 Å². The van der Waals surface area contributed by atoms with Gasteiger partial charge >= 0.3 is 6.03 Å². The van der Waals surface area contributed by atoms with E-state index in [4.69, 9.17) is 5.26 Å². The summed E-state index contributed by atoms with van der Waals surface area (Å²) in [4.78, 5) is 38.5. The largest absolute Gasteiger partial charge is 0.325 e. The van der Waals surface area contributed by atoms with Gasteiger partial charge in [-0.3, -0.25) is 14.5 Å². The molecular formula is C21H20N4O3. The normalized spacial score (nSPS) is 18.5. The average molecular weight is 376 g/mol. The van der Waals surface area contributed by atoms with E-state index in [0.29, 0.717) is 16.8 Å². The van der Waals surface area contributed by atoms with Gasteiger partial charge in [0, 0.05) is 5.69 Å². The highest BCUT2D eigenvalue weighted by atomic mass is 16.2. The zero-order valence-electron chi connectivity index (χ0n) is 15.7. The highest BCUT2D eigenvalue weighted by Crippen LogP contribution is 2.29. The van der Waals surface area contributed by atoms with Crippen LogP contribution >= 0.6 is 0 Å². The van der Waals surface area contributed by atoms with Crippen molar-refractivity contribution in [1.29, 1.82) is 5.26 Å². The van der Waals surface area contributed by atoms with Gasteiger partial charge in [0.1, 0.15) is 12.1 Å². The summed E-state index contributed by atoms with van der Waals surface area (Å²) in [6.07, 6.45) is 0.833. The third-order valence-electron chi connectivity index (χ3n) is 4.79. The third kappa shape index (κ3) is 3.58. The van der Waals surface area contributed by atoms with Crippen molar-refractivity contribution in [2.75, 3.05) is 11.9 Å². The Hall–Kier alpha value is -3.66. The van der Waals surface area contributed by atoms with E-state index in [1.165, 1.54) is 0 Å². The summed E-state index contributed by atoms with van der Waals surface area (Å²) in [5.74, 6) is -0.972. The fourth-order valence-electron chi connectivity index (χ4n) is 3.13. The Bertz CT molecular complexity index is 978. The zero-order valence-corrected chi connectivity index (χ0v) is 15.7. The molecule has 1 fully saturated rings. The van der Waals surface area contributed by atoms with Crippen LogP contribution < -0.4 is 10.6 Å². The van der Waals surface area contributed by atoms with Gasteiger partial charge in [-0.1, -0.05) is 31.2 Å². The number of aryl methyl sites for hydroxylation is 1. The van der Waals surface area contributed by atoms with Crippen LogP contribution in [0.3, 0.4) is 0 Å². The summed E-state index contributed by atoms with van der Waals surface area (Å²) in [7, 11) is 0. The van der Waals surface area contributed by atoms with Crippen molar-refractivity contribution in [2.24, 2.45) is 0 Å². The number of rotatable bonds is 5. The SMILES string of the molecule is CCc1cccc(NC(=O)CN2C(=O)NC(C)(c3ccc(C#N)cc3)C2=O)c1. The van der Waals surface area contributed by atoms with Crippen molar-refractivity contribution in [3.63, 3.8) is 0 Å². The smallest absolute Gasteiger partial charge is 0.325 e. The molecule has 1 unspecified atom stereocenters. The molecule has 2 aromatic rings. The second-order valence-electron chi connectivity index (χ2n) is 6.74. The lowest BCUT2D eigenvalue weighted by molar-refractivity contribution is -0.133. The molecule has 0 aromatic heterocycles. The minimum Gasteiger partial charge on any atom is -0.325 e. The first-order valence-corrected chi connectivity index (χ1v) is 8.91. The minimum absolute atomic E-state index is 0.382. The summed E-state index contributed by atoms with van der Waals surface area (Å²) < 4.78 is 0. The number of hydrogen-bond acceptors (Lipinski definition) is 4. The molecule has 28 heavy (non-hydrogen) atoms. The van der Waals surface area contributed by atoms with Gasteiger partial charge in [-0.25, -0.2) is 4.79 Å². The molecule has 0 bridgehead atoms. The van der Waals surface area contributed by atoms with E-state index in [1.54, 1.807) is 37.3 Å². The van der Waals surface area contributed by atoms with Crippen molar-refractivity contribution < 1.29 is 14.4 Å². The van der Waals surface area contributed by atoms with Crippen LogP contribution in [0.5, 0.6) is 0 Å². The topological polar surface area (TPSA) is 102 Å². The number of hydrogen-bond donors (Lipinski definition) is 2. The Morgan fingerprint density at radius 2 is 1.93 bits per heavy atom. The van der Waals surface area contributed by atoms with Gasteiger partial charge in [0.15, 0.2) is 0 Å². The van der Waals surface area contributed by atoms with Crippen LogP contribution in [0.25, 0.3) is 0 Å². The molecule has 0 saturated carbocycles. The maximum absolute atomic E-state index is 12.9. The number of carbonyl (C=O) groups is 3. The lowest BCUT2D eigenvalue weighted by atomic mass is 9.91. The maximum Gasteiger partial charge on any atom is 0.325 e. The molecule has 0 spiro atoms. The van der Waals surface area contributed by atoms with E-state index in [-0.39, 0.29) is 6.54 Å². The average Bonchev–Trinajstić information content (AvgIpc) is 2.92. The van der Waals surface area contributed by atoms with Gasteiger partial charge in [0.25, 0.3) is 5.91 Å². The lowest BCUT2D eigenvalue weighted by Gasteiger charge is -2.22. The molecular weight excluding hydrogens is 356 g/mol. The van der Waals surface area contributed by atoms with E-state index >= 15 is 0 Å². The second-order valence-corrected chi connectivity index (χ2v) is 6.74. The first kappa shape index (κ1) is 19.1. The summed E-state index contributed by atoms with van der Waals surface area (Å²) in [6.45, 7) is 3.21. The van der Waals surface area contributed by atoms with Crippen molar-refractivity contribution in [3.8, 4) is 6.07 Å². The number of benzene rings is 2. The van der Waals surface area contributed by atoms with Gasteiger partial charge in [0.2, 0.25) is 5.91 Å². The Morgan fingerprint density at radius 1 is 1.21 bits per heavy atom. The molecule has 1 atom stereocenters. The Labute approximate surface area is 163 Å². The van der Waals surface area contributed by atoms with Gasteiger partial charge in [-0.2, -0.15) is 5.26 Å². The van der Waals surface area contributed by atoms with Gasteiger partial charge in [-0.15, -0.1) is 0 Å². The quantitative estimate of drug-likeness (QED) is 0.783. The first-order valence-electron chi connectivity index (χ1n) is 8.91. The lowest BCUT2D eigenvalue weighted by Crippen LogP contribution is -2.42. The van der Waals surface area contributed by atoms with Gasteiger partial charge in [-0.05, 0) is 48.7 Å². The highest BCUT2D eigenvalue weighted by Gasteiger charge is 2.49. The van der Waals surface area contributed by atoms with E-state index in [2.05, 4.69) is 10.6 Å². The number of nitrogens with one attached hydrogen (secondary N) is 2. The summed E-state index contributed by atoms with van der Waals surface area (Å²) in [5.41, 5.74) is 1.40. The van der Waals surface area contributed by atoms with E-state index in [9.17, 15) is 14.4 Å². The van der Waals surface area contributed by atoms with Crippen molar-refractivity contribution in [3.05, 3.63) is 65.2 Å². The molecule has 1 aliphatic rings. The Kier molecular flexibility index (Phi) is 5.14. The number of nitrogens with zero attached hydrogens (tertiary/aromatic N) is 2. The Morgan fingerprint density at radius 3 is 2.57 bits per heavy atom. The van der Waals surface area contributed by atoms with Crippen LogP contribution in [0.4, 0.5) is 10.5 Å². The molecule has 0 aliphatic carbocycles. The number of anilines is 1. The van der Waals surface area contributed by atoms with Crippen LogP contribution in [-0.4, -0.2) is 29.3 Å².